The molecule has 2 aliphatic heterocycles. The number of carbonyl (C=O) groups is 2. The molecule has 0 aromatic heterocycles. The van der Waals surface area contributed by atoms with Crippen molar-refractivity contribution in [1.82, 2.24) is 5.32 Å². The van der Waals surface area contributed by atoms with Gasteiger partial charge < -0.3 is 54.6 Å². The van der Waals surface area contributed by atoms with Crippen LogP contribution in [0.4, 0.5) is 0 Å². The van der Waals surface area contributed by atoms with Gasteiger partial charge in [0, 0.05) is 25.9 Å². The van der Waals surface area contributed by atoms with Gasteiger partial charge in [0.25, 0.3) is 0 Å². The molecular formula is C21H36NNaO11. The third kappa shape index (κ3) is 6.88. The molecule has 13 heteroatoms. The molecule has 0 bridgehead atoms. The molecule has 2 saturated heterocycles. The van der Waals surface area contributed by atoms with E-state index in [4.69, 9.17) is 18.9 Å². The second-order valence-corrected chi connectivity index (χ2v) is 8.87. The van der Waals surface area contributed by atoms with Gasteiger partial charge in [-0.15, -0.1) is 0 Å². The fourth-order valence-electron chi connectivity index (χ4n) is 4.86. The van der Waals surface area contributed by atoms with Crippen LogP contribution in [0.5, 0.6) is 0 Å². The Morgan fingerprint density at radius 2 is 1.71 bits per heavy atom. The number of carboxylic acids is 1. The summed E-state index contributed by atoms with van der Waals surface area (Å²) in [7, 11) is 1.33. The minimum atomic E-state index is -1.55. The van der Waals surface area contributed by atoms with Crippen LogP contribution in [0.15, 0.2) is 0 Å². The van der Waals surface area contributed by atoms with Gasteiger partial charge in [0.05, 0.1) is 56.2 Å². The fraction of sp³-hybridized carbons (Fsp3) is 0.905. The van der Waals surface area contributed by atoms with E-state index in [0.29, 0.717) is 6.42 Å². The van der Waals surface area contributed by atoms with E-state index in [0.717, 1.165) is 0 Å². The topological polar surface area (TPSA) is 187 Å². The van der Waals surface area contributed by atoms with E-state index in [1.54, 1.807) is 6.92 Å². The standard InChI is InChI=1S/C21H37NO11.Na/c1-5-15-21(3,22-10(2)24)12(17(26)13(6-23)32-15)8-31-9-14-18(27)16(25)11(7-30-4)19(33-14)20(28)29;/h11-19,23,25-27H,5-9H2,1-4H3,(H,22,24)(H,28,29);/q;+1/p-1/t11-,12+,13?,14?,15?,16+,17-,18+,19?,21-;/m0./s1. The van der Waals surface area contributed by atoms with E-state index < -0.39 is 72.7 Å². The molecule has 34 heavy (non-hydrogen) atoms. The van der Waals surface area contributed by atoms with Crippen LogP contribution in [0.25, 0.3) is 0 Å². The number of rotatable bonds is 10. The number of hydrogen-bond acceptors (Lipinski definition) is 11. The normalized spacial score (nSPS) is 40.3. The molecule has 4 unspecified atom stereocenters. The zero-order valence-electron chi connectivity index (χ0n) is 20.4. The van der Waals surface area contributed by atoms with Gasteiger partial charge in [-0.2, -0.15) is 0 Å². The molecule has 0 radical (unpaired) electrons. The first-order valence-corrected chi connectivity index (χ1v) is 11.0. The fourth-order valence-corrected chi connectivity index (χ4v) is 4.86. The Labute approximate surface area is 221 Å². The Morgan fingerprint density at radius 3 is 2.21 bits per heavy atom. The summed E-state index contributed by atoms with van der Waals surface area (Å²) < 4.78 is 21.8. The van der Waals surface area contributed by atoms with Crippen LogP contribution in [0.2, 0.25) is 0 Å². The maximum atomic E-state index is 11.9. The van der Waals surface area contributed by atoms with Crippen molar-refractivity contribution in [1.29, 1.82) is 0 Å². The van der Waals surface area contributed by atoms with Gasteiger partial charge in [0.1, 0.15) is 24.4 Å². The van der Waals surface area contributed by atoms with E-state index in [-0.39, 0.29) is 55.3 Å². The summed E-state index contributed by atoms with van der Waals surface area (Å²) in [5.74, 6) is -3.62. The first kappa shape index (κ1) is 31.6. The van der Waals surface area contributed by atoms with Crippen molar-refractivity contribution in [2.24, 2.45) is 11.8 Å². The van der Waals surface area contributed by atoms with Gasteiger partial charge in [-0.25, -0.2) is 0 Å². The number of nitrogens with one attached hydrogen (secondary N) is 1. The number of methoxy groups -OCH3 is 1. The Bertz CT molecular complexity index is 671. The minimum absolute atomic E-state index is 0. The Kier molecular flexibility index (Phi) is 12.8. The molecule has 2 fully saturated rings. The number of ether oxygens (including phenoxy) is 4. The molecule has 2 aliphatic rings. The van der Waals surface area contributed by atoms with Crippen molar-refractivity contribution in [2.45, 2.75) is 75.5 Å². The van der Waals surface area contributed by atoms with Gasteiger partial charge in [-0.1, -0.05) is 6.92 Å². The van der Waals surface area contributed by atoms with E-state index in [1.165, 1.54) is 14.0 Å². The predicted octanol–water partition coefficient (Wildman–Crippen LogP) is -6.45. The molecule has 2 rings (SSSR count). The number of amides is 1. The maximum absolute atomic E-state index is 11.9. The Balaban J connectivity index is 0.00000578. The molecule has 2 heterocycles. The van der Waals surface area contributed by atoms with Crippen LogP contribution in [-0.4, -0.2) is 114 Å². The second kappa shape index (κ2) is 13.8. The molecule has 0 aromatic carbocycles. The van der Waals surface area contributed by atoms with Gasteiger partial charge >= 0.3 is 29.6 Å². The number of hydrogen-bond donors (Lipinski definition) is 5. The summed E-state index contributed by atoms with van der Waals surface area (Å²) in [5, 5.41) is 55.5. The van der Waals surface area contributed by atoms with E-state index in [1.807, 2.05) is 6.92 Å². The molecule has 0 aliphatic carbocycles. The molecule has 10 atom stereocenters. The average molecular weight is 502 g/mol. The third-order valence-corrected chi connectivity index (χ3v) is 6.62. The van der Waals surface area contributed by atoms with Gasteiger partial charge in [-0.3, -0.25) is 4.79 Å². The first-order chi connectivity index (χ1) is 15.5. The zero-order chi connectivity index (χ0) is 24.9. The second-order valence-electron chi connectivity index (χ2n) is 8.87. The summed E-state index contributed by atoms with van der Waals surface area (Å²) in [6.45, 7) is 3.87. The average Bonchev–Trinajstić information content (AvgIpc) is 2.74. The van der Waals surface area contributed by atoms with E-state index in [2.05, 4.69) is 5.32 Å². The number of carbonyl (C=O) groups excluding carboxylic acids is 2. The number of carboxylic acid groups (broad SMARTS) is 1. The molecule has 5 N–H and O–H groups in total. The van der Waals surface area contributed by atoms with Crippen molar-refractivity contribution in [2.75, 3.05) is 33.5 Å². The SMILES string of the molecule is CCC1OC(CO)[C@@H](O)[C@@H](COCC2OC(C(=O)[O-])[C@@H](COC)[C@@H](O)[C@@H]2O)[C@]1(C)NC(C)=O.[Na+]. The number of aliphatic hydroxyl groups excluding tert-OH is 4. The maximum Gasteiger partial charge on any atom is 1.00 e. The summed E-state index contributed by atoms with van der Waals surface area (Å²) in [6, 6.07) is 0. The molecule has 0 spiro atoms. The quantitative estimate of drug-likeness (QED) is 0.179. The monoisotopic (exact) mass is 501 g/mol. The van der Waals surface area contributed by atoms with E-state index in [9.17, 15) is 35.1 Å². The summed E-state index contributed by atoms with van der Waals surface area (Å²) >= 11 is 0. The van der Waals surface area contributed by atoms with Crippen LogP contribution in [0.1, 0.15) is 27.2 Å². The molecule has 12 nitrogen and oxygen atoms in total. The molecule has 0 saturated carbocycles. The van der Waals surface area contributed by atoms with Crippen LogP contribution >= 0.6 is 0 Å². The summed E-state index contributed by atoms with van der Waals surface area (Å²) in [4.78, 5) is 23.4. The smallest absolute Gasteiger partial charge is 0.547 e. The number of aliphatic carboxylic acids is 1. The van der Waals surface area contributed by atoms with Crippen LogP contribution in [-0.2, 0) is 28.5 Å². The van der Waals surface area contributed by atoms with Crippen LogP contribution in [0, 0.1) is 11.8 Å². The summed E-state index contributed by atoms with van der Waals surface area (Å²) in [6.07, 6.45) is -7.70. The molecule has 0 aromatic rings. The van der Waals surface area contributed by atoms with Crippen molar-refractivity contribution in [3.8, 4) is 0 Å². The first-order valence-electron chi connectivity index (χ1n) is 11.0. The Hall–Kier alpha value is -0.380. The third-order valence-electron chi connectivity index (χ3n) is 6.62. The van der Waals surface area contributed by atoms with Crippen LogP contribution in [0.3, 0.4) is 0 Å². The van der Waals surface area contributed by atoms with Gasteiger partial charge in [-0.05, 0) is 13.3 Å². The van der Waals surface area contributed by atoms with Crippen molar-refractivity contribution in [3.05, 3.63) is 0 Å². The largest absolute Gasteiger partial charge is 1.00 e. The van der Waals surface area contributed by atoms with Crippen molar-refractivity contribution in [3.63, 3.8) is 0 Å². The molecule has 1 amide bonds. The zero-order valence-corrected chi connectivity index (χ0v) is 22.4. The van der Waals surface area contributed by atoms with Gasteiger partial charge in [0.2, 0.25) is 5.91 Å². The minimum Gasteiger partial charge on any atom is -0.547 e. The Morgan fingerprint density at radius 1 is 1.06 bits per heavy atom. The predicted molar refractivity (Wildman–Crippen MR) is 110 cm³/mol. The van der Waals surface area contributed by atoms with E-state index >= 15 is 0 Å². The van der Waals surface area contributed by atoms with Crippen molar-refractivity contribution < 1.29 is 83.6 Å². The molecule has 192 valence electrons. The van der Waals surface area contributed by atoms with Crippen LogP contribution < -0.4 is 40.0 Å². The van der Waals surface area contributed by atoms with Gasteiger partial charge in [0.15, 0.2) is 0 Å². The summed E-state index contributed by atoms with van der Waals surface area (Å²) in [5.41, 5.74) is -1.03. The molecular weight excluding hydrogens is 465 g/mol. The number of aliphatic hydroxyl groups is 4. The van der Waals surface area contributed by atoms with Crippen molar-refractivity contribution >= 4 is 11.9 Å².